The summed E-state index contributed by atoms with van der Waals surface area (Å²) in [6.07, 6.45) is -0.961. The van der Waals surface area contributed by atoms with E-state index in [1.807, 2.05) is 13.8 Å². The summed E-state index contributed by atoms with van der Waals surface area (Å²) < 4.78 is 37.9. The van der Waals surface area contributed by atoms with Crippen LogP contribution in [0.1, 0.15) is 55.5 Å². The maximum Gasteiger partial charge on any atom is 0.416 e. The number of nitrogens with zero attached hydrogens (tertiary/aromatic N) is 1. The van der Waals surface area contributed by atoms with Crippen molar-refractivity contribution in [2.45, 2.75) is 51.7 Å². The van der Waals surface area contributed by atoms with Gasteiger partial charge in [0.2, 0.25) is 5.91 Å². The number of hydrogen-bond acceptors (Lipinski definition) is 2. The lowest BCUT2D eigenvalue weighted by atomic mass is 10.0. The minimum Gasteiger partial charge on any atom is -0.341 e. The van der Waals surface area contributed by atoms with Crippen LogP contribution in [-0.2, 0) is 11.0 Å². The van der Waals surface area contributed by atoms with Crippen molar-refractivity contribution in [3.05, 3.63) is 35.4 Å². The molecule has 0 radical (unpaired) electrons. The summed E-state index contributed by atoms with van der Waals surface area (Å²) in [5.74, 6) is -0.449. The highest BCUT2D eigenvalue weighted by atomic mass is 19.4. The number of likely N-dealkylation sites (tertiary alicyclic amines) is 1. The lowest BCUT2D eigenvalue weighted by Gasteiger charge is -2.31. The first-order chi connectivity index (χ1) is 12.2. The van der Waals surface area contributed by atoms with Gasteiger partial charge in [-0.2, -0.15) is 13.2 Å². The van der Waals surface area contributed by atoms with E-state index in [-0.39, 0.29) is 17.4 Å². The van der Waals surface area contributed by atoms with E-state index in [2.05, 4.69) is 5.32 Å². The zero-order chi connectivity index (χ0) is 19.3. The second-order valence-corrected chi connectivity index (χ2v) is 7.12. The van der Waals surface area contributed by atoms with Crippen molar-refractivity contribution in [1.82, 2.24) is 10.2 Å². The van der Waals surface area contributed by atoms with Gasteiger partial charge in [0.25, 0.3) is 5.91 Å². The molecule has 26 heavy (non-hydrogen) atoms. The highest BCUT2D eigenvalue weighted by molar-refractivity contribution is 5.97. The van der Waals surface area contributed by atoms with Gasteiger partial charge in [-0.05, 0) is 55.9 Å². The molecule has 1 atom stereocenters. The minimum absolute atomic E-state index is 0.109. The number of halogens is 3. The van der Waals surface area contributed by atoms with Gasteiger partial charge in [0.05, 0.1) is 5.56 Å². The standard InChI is InChI=1S/C19H25F3N2O2/c1-13(2)12-16(18(26)24-10-4-3-5-11-24)23-17(25)14-6-8-15(9-7-14)19(20,21)22/h6-9,13,16H,3-5,10-12H2,1-2H3,(H,23,25)/t16-/m0/s1. The average molecular weight is 370 g/mol. The Morgan fingerprint density at radius 3 is 2.15 bits per heavy atom. The van der Waals surface area contributed by atoms with Crippen LogP contribution in [-0.4, -0.2) is 35.8 Å². The van der Waals surface area contributed by atoms with E-state index in [9.17, 15) is 22.8 Å². The Hall–Kier alpha value is -2.05. The Balaban J connectivity index is 2.09. The maximum atomic E-state index is 12.7. The van der Waals surface area contributed by atoms with Gasteiger partial charge in [0.15, 0.2) is 0 Å². The molecular formula is C19H25F3N2O2. The van der Waals surface area contributed by atoms with Crippen molar-refractivity contribution in [2.24, 2.45) is 5.92 Å². The lowest BCUT2D eigenvalue weighted by Crippen LogP contribution is -2.50. The fourth-order valence-corrected chi connectivity index (χ4v) is 3.08. The number of hydrogen-bond donors (Lipinski definition) is 1. The molecule has 0 spiro atoms. The lowest BCUT2D eigenvalue weighted by molar-refractivity contribution is -0.137. The van der Waals surface area contributed by atoms with Crippen LogP contribution in [0.3, 0.4) is 0 Å². The molecule has 2 amide bonds. The first kappa shape index (κ1) is 20.3. The van der Waals surface area contributed by atoms with Gasteiger partial charge in [-0.3, -0.25) is 9.59 Å². The van der Waals surface area contributed by atoms with E-state index >= 15 is 0 Å². The summed E-state index contributed by atoms with van der Waals surface area (Å²) in [5.41, 5.74) is -0.699. The Morgan fingerprint density at radius 1 is 1.08 bits per heavy atom. The number of piperidine rings is 1. The van der Waals surface area contributed by atoms with Gasteiger partial charge < -0.3 is 10.2 Å². The van der Waals surface area contributed by atoms with E-state index < -0.39 is 23.7 Å². The van der Waals surface area contributed by atoms with E-state index in [0.29, 0.717) is 19.5 Å². The van der Waals surface area contributed by atoms with Crippen molar-refractivity contribution in [1.29, 1.82) is 0 Å². The van der Waals surface area contributed by atoms with Crippen LogP contribution in [0, 0.1) is 5.92 Å². The summed E-state index contributed by atoms with van der Waals surface area (Å²) in [6.45, 7) is 5.29. The highest BCUT2D eigenvalue weighted by Gasteiger charge is 2.31. The first-order valence-corrected chi connectivity index (χ1v) is 8.95. The van der Waals surface area contributed by atoms with Gasteiger partial charge in [-0.25, -0.2) is 0 Å². The molecule has 1 N–H and O–H groups in total. The Kier molecular flexibility index (Phi) is 6.67. The number of rotatable bonds is 5. The average Bonchev–Trinajstić information content (AvgIpc) is 2.60. The second-order valence-electron chi connectivity index (χ2n) is 7.12. The molecule has 1 aliphatic heterocycles. The molecule has 1 fully saturated rings. The number of carbonyl (C=O) groups excluding carboxylic acids is 2. The SMILES string of the molecule is CC(C)C[C@H](NC(=O)c1ccc(C(F)(F)F)cc1)C(=O)N1CCCCC1. The van der Waals surface area contributed by atoms with Gasteiger partial charge in [0, 0.05) is 18.7 Å². The van der Waals surface area contributed by atoms with Crippen molar-refractivity contribution in [3.8, 4) is 0 Å². The van der Waals surface area contributed by atoms with E-state index in [1.54, 1.807) is 4.90 Å². The molecule has 1 aromatic rings. The third-order valence-corrected chi connectivity index (χ3v) is 4.45. The molecule has 0 bridgehead atoms. The van der Waals surface area contributed by atoms with Gasteiger partial charge >= 0.3 is 6.18 Å². The molecule has 0 aromatic heterocycles. The maximum absolute atomic E-state index is 12.7. The molecule has 1 aromatic carbocycles. The zero-order valence-electron chi connectivity index (χ0n) is 15.1. The topological polar surface area (TPSA) is 49.4 Å². The third kappa shape index (κ3) is 5.47. The summed E-state index contributed by atoms with van der Waals surface area (Å²) in [7, 11) is 0. The molecular weight excluding hydrogens is 345 g/mol. The molecule has 0 aliphatic carbocycles. The third-order valence-electron chi connectivity index (χ3n) is 4.45. The second kappa shape index (κ2) is 8.56. The Morgan fingerprint density at radius 2 is 1.65 bits per heavy atom. The number of alkyl halides is 3. The molecule has 0 unspecified atom stereocenters. The highest BCUT2D eigenvalue weighted by Crippen LogP contribution is 2.29. The van der Waals surface area contributed by atoms with Crippen molar-refractivity contribution in [2.75, 3.05) is 13.1 Å². The van der Waals surface area contributed by atoms with E-state index in [0.717, 1.165) is 43.5 Å². The van der Waals surface area contributed by atoms with Crippen LogP contribution in [0.2, 0.25) is 0 Å². The van der Waals surface area contributed by atoms with Crippen molar-refractivity contribution in [3.63, 3.8) is 0 Å². The van der Waals surface area contributed by atoms with Crippen molar-refractivity contribution < 1.29 is 22.8 Å². The predicted molar refractivity (Wildman–Crippen MR) is 92.6 cm³/mol. The zero-order valence-corrected chi connectivity index (χ0v) is 15.1. The molecule has 144 valence electrons. The van der Waals surface area contributed by atoms with Crippen LogP contribution in [0.15, 0.2) is 24.3 Å². The van der Waals surface area contributed by atoms with Crippen LogP contribution in [0.25, 0.3) is 0 Å². The van der Waals surface area contributed by atoms with Gasteiger partial charge in [-0.1, -0.05) is 13.8 Å². The first-order valence-electron chi connectivity index (χ1n) is 8.95. The van der Waals surface area contributed by atoms with Crippen LogP contribution in [0.5, 0.6) is 0 Å². The smallest absolute Gasteiger partial charge is 0.341 e. The molecule has 7 heteroatoms. The minimum atomic E-state index is -4.45. The number of nitrogens with one attached hydrogen (secondary N) is 1. The Bertz CT molecular complexity index is 621. The molecule has 1 aliphatic rings. The number of carbonyl (C=O) groups is 2. The van der Waals surface area contributed by atoms with Gasteiger partial charge in [0.1, 0.15) is 6.04 Å². The fourth-order valence-electron chi connectivity index (χ4n) is 3.08. The molecule has 1 saturated heterocycles. The number of benzene rings is 1. The molecule has 0 saturated carbocycles. The quantitative estimate of drug-likeness (QED) is 0.856. The van der Waals surface area contributed by atoms with Crippen LogP contribution in [0.4, 0.5) is 13.2 Å². The van der Waals surface area contributed by atoms with Crippen LogP contribution >= 0.6 is 0 Å². The molecule has 2 rings (SSSR count). The van der Waals surface area contributed by atoms with E-state index in [1.165, 1.54) is 0 Å². The predicted octanol–water partition coefficient (Wildman–Crippen LogP) is 3.86. The largest absolute Gasteiger partial charge is 0.416 e. The van der Waals surface area contributed by atoms with Gasteiger partial charge in [-0.15, -0.1) is 0 Å². The number of amides is 2. The molecule has 4 nitrogen and oxygen atoms in total. The summed E-state index contributed by atoms with van der Waals surface area (Å²) in [6, 6.07) is 3.35. The van der Waals surface area contributed by atoms with Crippen LogP contribution < -0.4 is 5.32 Å². The summed E-state index contributed by atoms with van der Waals surface area (Å²) in [4.78, 5) is 26.9. The summed E-state index contributed by atoms with van der Waals surface area (Å²) in [5, 5.41) is 2.71. The monoisotopic (exact) mass is 370 g/mol. The summed E-state index contributed by atoms with van der Waals surface area (Å²) >= 11 is 0. The Labute approximate surface area is 151 Å². The molecule has 1 heterocycles. The normalized spacial score (nSPS) is 16.5. The van der Waals surface area contributed by atoms with E-state index in [4.69, 9.17) is 0 Å². The van der Waals surface area contributed by atoms with Crippen molar-refractivity contribution >= 4 is 11.8 Å². The fraction of sp³-hybridized carbons (Fsp3) is 0.579.